The van der Waals surface area contributed by atoms with E-state index in [1.165, 1.54) is 0 Å². The normalized spacial score (nSPS) is 9.83. The predicted molar refractivity (Wildman–Crippen MR) is 75.0 cm³/mol. The van der Waals surface area contributed by atoms with E-state index in [0.29, 0.717) is 22.0 Å². The molecular formula is C14H12ClN3. The molecule has 0 bridgehead atoms. The van der Waals surface area contributed by atoms with E-state index >= 15 is 0 Å². The van der Waals surface area contributed by atoms with Crippen LogP contribution in [0.3, 0.4) is 0 Å². The first-order chi connectivity index (χ1) is 8.61. The van der Waals surface area contributed by atoms with E-state index in [0.717, 1.165) is 11.3 Å². The SMILES string of the molecule is Cc1ccc(Cl)cc1Nc1cccc(C#N)c1N. The zero-order chi connectivity index (χ0) is 13.1. The second-order valence-electron chi connectivity index (χ2n) is 3.96. The Hall–Kier alpha value is -2.18. The Morgan fingerprint density at radius 3 is 2.72 bits per heavy atom. The van der Waals surface area contributed by atoms with Gasteiger partial charge in [0.2, 0.25) is 0 Å². The number of nitrogens with two attached hydrogens (primary N) is 1. The van der Waals surface area contributed by atoms with Crippen LogP contribution < -0.4 is 11.1 Å². The summed E-state index contributed by atoms with van der Waals surface area (Å²) >= 11 is 5.96. The standard InChI is InChI=1S/C14H12ClN3/c1-9-5-6-11(15)7-13(9)18-12-4-2-3-10(8-16)14(12)17/h2-7,18H,17H2,1H3. The van der Waals surface area contributed by atoms with E-state index < -0.39 is 0 Å². The zero-order valence-corrected chi connectivity index (χ0v) is 10.6. The maximum atomic E-state index is 8.93. The Balaban J connectivity index is 2.41. The van der Waals surface area contributed by atoms with Crippen LogP contribution in [0.5, 0.6) is 0 Å². The van der Waals surface area contributed by atoms with Crippen molar-refractivity contribution < 1.29 is 0 Å². The fraction of sp³-hybridized carbons (Fsp3) is 0.0714. The van der Waals surface area contributed by atoms with Gasteiger partial charge in [0.25, 0.3) is 0 Å². The van der Waals surface area contributed by atoms with Crippen molar-refractivity contribution >= 4 is 28.7 Å². The number of nitrogens with one attached hydrogen (secondary N) is 1. The fourth-order valence-electron chi connectivity index (χ4n) is 1.65. The van der Waals surface area contributed by atoms with Crippen LogP contribution in [-0.4, -0.2) is 0 Å². The van der Waals surface area contributed by atoms with E-state index in [2.05, 4.69) is 11.4 Å². The number of anilines is 3. The molecule has 0 aliphatic rings. The van der Waals surface area contributed by atoms with E-state index in [-0.39, 0.29) is 0 Å². The van der Waals surface area contributed by atoms with Gasteiger partial charge in [-0.2, -0.15) is 5.26 Å². The summed E-state index contributed by atoms with van der Waals surface area (Å²) in [5.41, 5.74) is 9.46. The third-order valence-electron chi connectivity index (χ3n) is 2.70. The highest BCUT2D eigenvalue weighted by Gasteiger charge is 2.06. The molecule has 0 atom stereocenters. The molecule has 0 radical (unpaired) electrons. The molecule has 0 aliphatic carbocycles. The molecule has 0 saturated heterocycles. The van der Waals surface area contributed by atoms with Crippen molar-refractivity contribution in [1.29, 1.82) is 5.26 Å². The lowest BCUT2D eigenvalue weighted by Gasteiger charge is -2.12. The zero-order valence-electron chi connectivity index (χ0n) is 9.87. The maximum Gasteiger partial charge on any atom is 0.101 e. The van der Waals surface area contributed by atoms with Gasteiger partial charge in [0, 0.05) is 10.7 Å². The summed E-state index contributed by atoms with van der Waals surface area (Å²) in [5, 5.41) is 12.8. The van der Waals surface area contributed by atoms with Gasteiger partial charge in [-0.3, -0.25) is 0 Å². The number of hydrogen-bond acceptors (Lipinski definition) is 3. The van der Waals surface area contributed by atoms with Gasteiger partial charge in [0.05, 0.1) is 16.9 Å². The number of halogens is 1. The monoisotopic (exact) mass is 257 g/mol. The van der Waals surface area contributed by atoms with Gasteiger partial charge in [-0.05, 0) is 36.8 Å². The lowest BCUT2D eigenvalue weighted by Crippen LogP contribution is -1.99. The molecule has 90 valence electrons. The van der Waals surface area contributed by atoms with Gasteiger partial charge in [-0.25, -0.2) is 0 Å². The van der Waals surface area contributed by atoms with Gasteiger partial charge in [0.15, 0.2) is 0 Å². The summed E-state index contributed by atoms with van der Waals surface area (Å²) in [6.07, 6.45) is 0. The number of hydrogen-bond donors (Lipinski definition) is 2. The number of para-hydroxylation sites is 1. The molecule has 0 aromatic heterocycles. The summed E-state index contributed by atoms with van der Waals surface area (Å²) in [6, 6.07) is 12.9. The highest BCUT2D eigenvalue weighted by Crippen LogP contribution is 2.29. The molecule has 0 fully saturated rings. The summed E-state index contributed by atoms with van der Waals surface area (Å²) in [6.45, 7) is 1.98. The molecule has 4 heteroatoms. The van der Waals surface area contributed by atoms with Crippen molar-refractivity contribution in [2.75, 3.05) is 11.1 Å². The Bertz CT molecular complexity index is 629. The molecule has 0 spiro atoms. The number of benzene rings is 2. The van der Waals surface area contributed by atoms with Crippen LogP contribution in [0.4, 0.5) is 17.1 Å². The van der Waals surface area contributed by atoms with E-state index in [9.17, 15) is 0 Å². The van der Waals surface area contributed by atoms with Crippen molar-refractivity contribution in [1.82, 2.24) is 0 Å². The van der Waals surface area contributed by atoms with Crippen LogP contribution in [0.15, 0.2) is 36.4 Å². The smallest absolute Gasteiger partial charge is 0.101 e. The average Bonchev–Trinajstić information content (AvgIpc) is 2.36. The minimum absolute atomic E-state index is 0.444. The quantitative estimate of drug-likeness (QED) is 0.804. The van der Waals surface area contributed by atoms with Crippen LogP contribution in [-0.2, 0) is 0 Å². The van der Waals surface area contributed by atoms with Crippen LogP contribution in [0.25, 0.3) is 0 Å². The topological polar surface area (TPSA) is 61.8 Å². The molecule has 3 nitrogen and oxygen atoms in total. The number of nitriles is 1. The fourth-order valence-corrected chi connectivity index (χ4v) is 1.82. The van der Waals surface area contributed by atoms with Crippen molar-refractivity contribution in [2.45, 2.75) is 6.92 Å². The molecule has 0 unspecified atom stereocenters. The van der Waals surface area contributed by atoms with Gasteiger partial charge >= 0.3 is 0 Å². The van der Waals surface area contributed by atoms with Crippen molar-refractivity contribution in [3.05, 3.63) is 52.5 Å². The number of rotatable bonds is 2. The van der Waals surface area contributed by atoms with Crippen LogP contribution in [0.1, 0.15) is 11.1 Å². The molecule has 0 aliphatic heterocycles. The van der Waals surface area contributed by atoms with Gasteiger partial charge < -0.3 is 11.1 Å². The molecule has 0 amide bonds. The summed E-state index contributed by atoms with van der Waals surface area (Å²) in [5.74, 6) is 0. The summed E-state index contributed by atoms with van der Waals surface area (Å²) < 4.78 is 0. The summed E-state index contributed by atoms with van der Waals surface area (Å²) in [4.78, 5) is 0. The first-order valence-corrected chi connectivity index (χ1v) is 5.81. The largest absolute Gasteiger partial charge is 0.396 e. The lowest BCUT2D eigenvalue weighted by atomic mass is 10.1. The van der Waals surface area contributed by atoms with E-state index in [1.807, 2.05) is 31.2 Å². The second kappa shape index (κ2) is 4.99. The van der Waals surface area contributed by atoms with Crippen molar-refractivity contribution in [2.24, 2.45) is 0 Å². The van der Waals surface area contributed by atoms with Gasteiger partial charge in [-0.1, -0.05) is 23.7 Å². The first kappa shape index (κ1) is 12.3. The first-order valence-electron chi connectivity index (χ1n) is 5.43. The van der Waals surface area contributed by atoms with Crippen molar-refractivity contribution in [3.63, 3.8) is 0 Å². The number of aryl methyl sites for hydroxylation is 1. The molecule has 0 heterocycles. The Kier molecular flexibility index (Phi) is 3.40. The molecule has 2 rings (SSSR count). The number of nitrogen functional groups attached to an aromatic ring is 1. The van der Waals surface area contributed by atoms with Crippen LogP contribution >= 0.6 is 11.6 Å². The minimum Gasteiger partial charge on any atom is -0.396 e. The predicted octanol–water partition coefficient (Wildman–Crippen LogP) is 3.85. The maximum absolute atomic E-state index is 8.93. The Labute approximate surface area is 111 Å². The van der Waals surface area contributed by atoms with E-state index in [1.54, 1.807) is 12.1 Å². The molecule has 18 heavy (non-hydrogen) atoms. The van der Waals surface area contributed by atoms with Crippen molar-refractivity contribution in [3.8, 4) is 6.07 Å². The highest BCUT2D eigenvalue weighted by molar-refractivity contribution is 6.30. The van der Waals surface area contributed by atoms with Gasteiger partial charge in [0.1, 0.15) is 6.07 Å². The van der Waals surface area contributed by atoms with Crippen LogP contribution in [0, 0.1) is 18.3 Å². The molecule has 2 aromatic rings. The van der Waals surface area contributed by atoms with Gasteiger partial charge in [-0.15, -0.1) is 0 Å². The Morgan fingerprint density at radius 2 is 2.00 bits per heavy atom. The minimum atomic E-state index is 0.444. The highest BCUT2D eigenvalue weighted by atomic mass is 35.5. The average molecular weight is 258 g/mol. The molecular weight excluding hydrogens is 246 g/mol. The third-order valence-corrected chi connectivity index (χ3v) is 2.93. The summed E-state index contributed by atoms with van der Waals surface area (Å²) in [7, 11) is 0. The lowest BCUT2D eigenvalue weighted by molar-refractivity contribution is 1.42. The number of nitrogens with zero attached hydrogens (tertiary/aromatic N) is 1. The van der Waals surface area contributed by atoms with E-state index in [4.69, 9.17) is 22.6 Å². The second-order valence-corrected chi connectivity index (χ2v) is 4.40. The molecule has 0 saturated carbocycles. The molecule has 3 N–H and O–H groups in total. The third kappa shape index (κ3) is 2.39. The Morgan fingerprint density at radius 1 is 1.22 bits per heavy atom. The van der Waals surface area contributed by atoms with Crippen LogP contribution in [0.2, 0.25) is 5.02 Å². The molecule has 2 aromatic carbocycles.